The first kappa shape index (κ1) is 14.0. The van der Waals surface area contributed by atoms with Gasteiger partial charge in [0.25, 0.3) is 0 Å². The number of ether oxygens (including phenoxy) is 3. The Kier molecular flexibility index (Phi) is 4.06. The van der Waals surface area contributed by atoms with Gasteiger partial charge in [0, 0.05) is 24.6 Å². The van der Waals surface area contributed by atoms with E-state index >= 15 is 0 Å². The lowest BCUT2D eigenvalue weighted by molar-refractivity contribution is -0.177. The fraction of sp³-hybridized carbons (Fsp3) is 0.600. The van der Waals surface area contributed by atoms with Gasteiger partial charge in [0.1, 0.15) is 5.75 Å². The van der Waals surface area contributed by atoms with Crippen LogP contribution in [0.3, 0.4) is 0 Å². The summed E-state index contributed by atoms with van der Waals surface area (Å²) in [7, 11) is 1.62. The molecule has 5 heteroatoms. The minimum atomic E-state index is -0.296. The maximum Gasteiger partial charge on any atom is 0.168 e. The highest BCUT2D eigenvalue weighted by molar-refractivity contribution is 6.32. The van der Waals surface area contributed by atoms with Crippen molar-refractivity contribution >= 4 is 17.3 Å². The monoisotopic (exact) mass is 297 g/mol. The second-order valence-corrected chi connectivity index (χ2v) is 5.78. The Hall–Kier alpha value is -0.970. The average Bonchev–Trinajstić information content (AvgIpc) is 2.90. The number of nitrogens with one attached hydrogen (secondary N) is 1. The highest BCUT2D eigenvalue weighted by atomic mass is 35.5. The van der Waals surface area contributed by atoms with Crippen molar-refractivity contribution in [3.8, 4) is 5.75 Å². The first-order valence-corrected chi connectivity index (χ1v) is 7.47. The van der Waals surface area contributed by atoms with Gasteiger partial charge in [0.2, 0.25) is 0 Å². The Morgan fingerprint density at radius 3 is 2.55 bits per heavy atom. The number of hydrogen-bond donors (Lipinski definition) is 1. The Bertz CT molecular complexity index is 464. The van der Waals surface area contributed by atoms with Crippen molar-refractivity contribution in [2.45, 2.75) is 37.5 Å². The van der Waals surface area contributed by atoms with Gasteiger partial charge < -0.3 is 19.5 Å². The largest absolute Gasteiger partial charge is 0.495 e. The van der Waals surface area contributed by atoms with Gasteiger partial charge in [0.15, 0.2) is 5.79 Å². The summed E-state index contributed by atoms with van der Waals surface area (Å²) < 4.78 is 16.6. The van der Waals surface area contributed by atoms with E-state index in [1.165, 1.54) is 0 Å². The topological polar surface area (TPSA) is 39.7 Å². The van der Waals surface area contributed by atoms with Crippen molar-refractivity contribution in [2.24, 2.45) is 0 Å². The molecule has 0 bridgehead atoms. The Morgan fingerprint density at radius 1 is 1.25 bits per heavy atom. The van der Waals surface area contributed by atoms with Crippen LogP contribution in [-0.4, -0.2) is 32.2 Å². The highest BCUT2D eigenvalue weighted by Crippen LogP contribution is 2.37. The van der Waals surface area contributed by atoms with Crippen molar-refractivity contribution in [1.29, 1.82) is 0 Å². The second kappa shape index (κ2) is 5.80. The van der Waals surface area contributed by atoms with Gasteiger partial charge in [-0.15, -0.1) is 0 Å². The maximum atomic E-state index is 6.14. The molecule has 1 aliphatic carbocycles. The minimum absolute atomic E-state index is 0.296. The molecule has 0 unspecified atom stereocenters. The zero-order valence-corrected chi connectivity index (χ0v) is 12.4. The molecule has 1 aliphatic heterocycles. The molecule has 1 aromatic rings. The van der Waals surface area contributed by atoms with Crippen LogP contribution in [0.5, 0.6) is 5.75 Å². The molecule has 1 aromatic carbocycles. The van der Waals surface area contributed by atoms with Gasteiger partial charge in [0.05, 0.1) is 25.3 Å². The van der Waals surface area contributed by atoms with Gasteiger partial charge in [-0.2, -0.15) is 0 Å². The molecular formula is C15H20ClNO3. The van der Waals surface area contributed by atoms with Gasteiger partial charge in [-0.25, -0.2) is 0 Å². The summed E-state index contributed by atoms with van der Waals surface area (Å²) in [5.74, 6) is 0.406. The third-order valence-electron chi connectivity index (χ3n) is 4.08. The molecular weight excluding hydrogens is 278 g/mol. The predicted octanol–water partition coefficient (Wildman–Crippen LogP) is 3.45. The normalized spacial score (nSPS) is 22.1. The lowest BCUT2D eigenvalue weighted by Gasteiger charge is -2.36. The van der Waals surface area contributed by atoms with Crippen molar-refractivity contribution in [3.63, 3.8) is 0 Å². The van der Waals surface area contributed by atoms with Crippen LogP contribution in [0, 0.1) is 0 Å². The molecule has 110 valence electrons. The number of benzene rings is 1. The summed E-state index contributed by atoms with van der Waals surface area (Å²) in [6.45, 7) is 1.46. The van der Waals surface area contributed by atoms with E-state index in [4.69, 9.17) is 25.8 Å². The molecule has 1 saturated carbocycles. The number of rotatable bonds is 3. The van der Waals surface area contributed by atoms with Gasteiger partial charge in [-0.1, -0.05) is 11.6 Å². The molecule has 20 heavy (non-hydrogen) atoms. The number of anilines is 1. The van der Waals surface area contributed by atoms with E-state index < -0.39 is 0 Å². The summed E-state index contributed by atoms with van der Waals surface area (Å²) in [5, 5.41) is 4.16. The maximum absolute atomic E-state index is 6.14. The van der Waals surface area contributed by atoms with Crippen LogP contribution >= 0.6 is 11.6 Å². The molecule has 0 radical (unpaired) electrons. The van der Waals surface area contributed by atoms with E-state index in [1.54, 1.807) is 7.11 Å². The molecule has 1 N–H and O–H groups in total. The molecule has 1 heterocycles. The molecule has 2 fully saturated rings. The zero-order valence-electron chi connectivity index (χ0n) is 11.7. The number of methoxy groups -OCH3 is 1. The average molecular weight is 298 g/mol. The van der Waals surface area contributed by atoms with Crippen molar-refractivity contribution in [3.05, 3.63) is 23.2 Å². The van der Waals surface area contributed by atoms with Gasteiger partial charge in [-0.05, 0) is 31.0 Å². The minimum Gasteiger partial charge on any atom is -0.495 e. The molecule has 1 saturated heterocycles. The standard InChI is InChI=1S/C15H20ClNO3/c1-18-14-3-2-12(10-13(14)16)17-11-4-6-15(7-5-11)19-8-9-20-15/h2-3,10-11,17H,4-9H2,1H3. The van der Waals surface area contributed by atoms with E-state index in [9.17, 15) is 0 Å². The lowest BCUT2D eigenvalue weighted by Crippen LogP contribution is -2.39. The summed E-state index contributed by atoms with van der Waals surface area (Å²) in [6.07, 6.45) is 4.00. The van der Waals surface area contributed by atoms with Crippen LogP contribution in [0.15, 0.2) is 18.2 Å². The number of hydrogen-bond acceptors (Lipinski definition) is 4. The van der Waals surface area contributed by atoms with Crippen LogP contribution in [0.4, 0.5) is 5.69 Å². The van der Waals surface area contributed by atoms with Crippen LogP contribution in [-0.2, 0) is 9.47 Å². The smallest absolute Gasteiger partial charge is 0.168 e. The summed E-state index contributed by atoms with van der Waals surface area (Å²) in [6, 6.07) is 6.24. The molecule has 0 atom stereocenters. The Labute approximate surface area is 124 Å². The summed E-state index contributed by atoms with van der Waals surface area (Å²) in [4.78, 5) is 0. The summed E-state index contributed by atoms with van der Waals surface area (Å²) in [5.41, 5.74) is 1.03. The molecule has 0 aromatic heterocycles. The van der Waals surface area contributed by atoms with Crippen LogP contribution in [0.2, 0.25) is 5.02 Å². The van der Waals surface area contributed by atoms with Crippen molar-refractivity contribution in [2.75, 3.05) is 25.6 Å². The van der Waals surface area contributed by atoms with Crippen molar-refractivity contribution < 1.29 is 14.2 Å². The quantitative estimate of drug-likeness (QED) is 0.927. The molecule has 2 aliphatic rings. The number of halogens is 1. The first-order valence-electron chi connectivity index (χ1n) is 7.09. The molecule has 4 nitrogen and oxygen atoms in total. The van der Waals surface area contributed by atoms with E-state index in [1.807, 2.05) is 18.2 Å². The summed E-state index contributed by atoms with van der Waals surface area (Å²) >= 11 is 6.14. The van der Waals surface area contributed by atoms with Gasteiger partial charge in [-0.3, -0.25) is 0 Å². The Morgan fingerprint density at radius 2 is 1.95 bits per heavy atom. The zero-order chi connectivity index (χ0) is 14.0. The third-order valence-corrected chi connectivity index (χ3v) is 4.38. The van der Waals surface area contributed by atoms with Crippen LogP contribution in [0.1, 0.15) is 25.7 Å². The Balaban J connectivity index is 1.58. The van der Waals surface area contributed by atoms with Crippen molar-refractivity contribution in [1.82, 2.24) is 0 Å². The first-order chi connectivity index (χ1) is 9.71. The highest BCUT2D eigenvalue weighted by Gasteiger charge is 2.40. The predicted molar refractivity (Wildman–Crippen MR) is 78.5 cm³/mol. The lowest BCUT2D eigenvalue weighted by atomic mass is 9.90. The van der Waals surface area contributed by atoms with E-state index in [2.05, 4.69) is 5.32 Å². The van der Waals surface area contributed by atoms with E-state index in [0.717, 1.165) is 44.6 Å². The molecule has 3 rings (SSSR count). The second-order valence-electron chi connectivity index (χ2n) is 5.38. The third kappa shape index (κ3) is 2.87. The van der Waals surface area contributed by atoms with E-state index in [-0.39, 0.29) is 5.79 Å². The fourth-order valence-electron chi connectivity index (χ4n) is 2.98. The molecule has 0 amide bonds. The van der Waals surface area contributed by atoms with E-state index in [0.29, 0.717) is 16.8 Å². The van der Waals surface area contributed by atoms with Gasteiger partial charge >= 0.3 is 0 Å². The fourth-order valence-corrected chi connectivity index (χ4v) is 3.24. The molecule has 1 spiro atoms. The van der Waals surface area contributed by atoms with Crippen LogP contribution in [0.25, 0.3) is 0 Å². The van der Waals surface area contributed by atoms with Crippen LogP contribution < -0.4 is 10.1 Å². The SMILES string of the molecule is COc1ccc(NC2CCC3(CC2)OCCO3)cc1Cl.